The number of carboxylic acid groups (broad SMARTS) is 1. The first-order valence-corrected chi connectivity index (χ1v) is 7.15. The van der Waals surface area contributed by atoms with Crippen molar-refractivity contribution in [3.8, 4) is 6.07 Å². The minimum Gasteiger partial charge on any atom is -0.480 e. The Labute approximate surface area is 118 Å². The van der Waals surface area contributed by atoms with Gasteiger partial charge in [-0.3, -0.25) is 9.69 Å². The molecule has 1 aromatic carbocycles. The van der Waals surface area contributed by atoms with Crippen molar-refractivity contribution in [1.82, 2.24) is 4.90 Å². The highest BCUT2D eigenvalue weighted by Crippen LogP contribution is 2.42. The highest BCUT2D eigenvalue weighted by Gasteiger charge is 2.47. The van der Waals surface area contributed by atoms with Crippen molar-refractivity contribution in [3.05, 3.63) is 35.4 Å². The van der Waals surface area contributed by atoms with Crippen LogP contribution in [0, 0.1) is 23.2 Å². The topological polar surface area (TPSA) is 64.3 Å². The molecule has 0 radical (unpaired) electrons. The molecular weight excluding hydrogens is 252 g/mol. The molecule has 1 saturated carbocycles. The number of hydrogen-bond acceptors (Lipinski definition) is 3. The lowest BCUT2D eigenvalue weighted by Crippen LogP contribution is -2.39. The van der Waals surface area contributed by atoms with Gasteiger partial charge in [-0.15, -0.1) is 0 Å². The second kappa shape index (κ2) is 5.26. The third kappa shape index (κ3) is 2.30. The number of aliphatic carboxylic acids is 1. The molecule has 1 aliphatic carbocycles. The van der Waals surface area contributed by atoms with Crippen LogP contribution in [0.2, 0.25) is 0 Å². The molecule has 2 aliphatic rings. The van der Waals surface area contributed by atoms with Crippen LogP contribution in [0.3, 0.4) is 0 Å². The average Bonchev–Trinajstić information content (AvgIpc) is 2.99. The number of nitriles is 1. The van der Waals surface area contributed by atoms with E-state index in [-0.39, 0.29) is 6.04 Å². The second-order valence-corrected chi connectivity index (χ2v) is 5.88. The molecule has 1 saturated heterocycles. The Kier molecular flexibility index (Phi) is 3.45. The average molecular weight is 270 g/mol. The molecule has 0 bridgehead atoms. The summed E-state index contributed by atoms with van der Waals surface area (Å²) in [4.78, 5) is 13.7. The third-order valence-electron chi connectivity index (χ3n) is 4.71. The molecule has 0 spiro atoms. The number of rotatable bonds is 3. The Morgan fingerprint density at radius 3 is 2.75 bits per heavy atom. The Morgan fingerprint density at radius 2 is 2.10 bits per heavy atom. The standard InChI is InChI=1S/C16H18N2O2/c17-8-11-4-6-12(7-5-11)9-18-10-13-2-1-3-14(13)15(18)16(19)20/h4-7,13-15H,1-3,9-10H2,(H,19,20). The molecule has 0 aromatic heterocycles. The fraction of sp³-hybridized carbons (Fsp3) is 0.500. The van der Waals surface area contributed by atoms with Crippen LogP contribution < -0.4 is 0 Å². The molecule has 4 heteroatoms. The van der Waals surface area contributed by atoms with Gasteiger partial charge in [-0.2, -0.15) is 5.26 Å². The molecule has 1 N–H and O–H groups in total. The van der Waals surface area contributed by atoms with Gasteiger partial charge in [0.15, 0.2) is 0 Å². The summed E-state index contributed by atoms with van der Waals surface area (Å²) in [5, 5.41) is 18.3. The summed E-state index contributed by atoms with van der Waals surface area (Å²) in [6.07, 6.45) is 3.38. The molecule has 2 fully saturated rings. The van der Waals surface area contributed by atoms with Gasteiger partial charge >= 0.3 is 5.97 Å². The quantitative estimate of drug-likeness (QED) is 0.915. The fourth-order valence-corrected chi connectivity index (χ4v) is 3.81. The van der Waals surface area contributed by atoms with Gasteiger partial charge in [-0.1, -0.05) is 18.6 Å². The lowest BCUT2D eigenvalue weighted by Gasteiger charge is -2.24. The number of hydrogen-bond donors (Lipinski definition) is 1. The number of nitrogens with zero attached hydrogens (tertiary/aromatic N) is 2. The Balaban J connectivity index is 1.75. The maximum absolute atomic E-state index is 11.6. The molecule has 3 rings (SSSR count). The number of carboxylic acids is 1. The predicted molar refractivity (Wildman–Crippen MR) is 73.8 cm³/mol. The molecule has 1 aliphatic heterocycles. The van der Waals surface area contributed by atoms with E-state index >= 15 is 0 Å². The van der Waals surface area contributed by atoms with Crippen LogP contribution in [0.5, 0.6) is 0 Å². The summed E-state index contributed by atoms with van der Waals surface area (Å²) in [6.45, 7) is 1.55. The first kappa shape index (κ1) is 13.1. The van der Waals surface area contributed by atoms with Crippen LogP contribution in [-0.4, -0.2) is 28.6 Å². The maximum Gasteiger partial charge on any atom is 0.321 e. The largest absolute Gasteiger partial charge is 0.480 e. The minimum absolute atomic E-state index is 0.325. The molecule has 1 aromatic rings. The summed E-state index contributed by atoms with van der Waals surface area (Å²) in [5.41, 5.74) is 1.72. The van der Waals surface area contributed by atoms with E-state index in [0.29, 0.717) is 23.9 Å². The van der Waals surface area contributed by atoms with Crippen molar-refractivity contribution < 1.29 is 9.90 Å². The normalized spacial score (nSPS) is 29.1. The SMILES string of the molecule is N#Cc1ccc(CN2CC3CCCC3C2C(=O)O)cc1. The number of benzene rings is 1. The van der Waals surface area contributed by atoms with Crippen LogP contribution >= 0.6 is 0 Å². The van der Waals surface area contributed by atoms with Gasteiger partial charge in [0.1, 0.15) is 6.04 Å². The van der Waals surface area contributed by atoms with Crippen LogP contribution in [0.1, 0.15) is 30.4 Å². The van der Waals surface area contributed by atoms with Gasteiger partial charge < -0.3 is 5.11 Å². The van der Waals surface area contributed by atoms with E-state index in [1.807, 2.05) is 12.1 Å². The van der Waals surface area contributed by atoms with Crippen molar-refractivity contribution in [1.29, 1.82) is 5.26 Å². The smallest absolute Gasteiger partial charge is 0.321 e. The highest BCUT2D eigenvalue weighted by atomic mass is 16.4. The Morgan fingerprint density at radius 1 is 1.35 bits per heavy atom. The zero-order chi connectivity index (χ0) is 14.1. The van der Waals surface area contributed by atoms with E-state index in [1.165, 1.54) is 6.42 Å². The lowest BCUT2D eigenvalue weighted by atomic mass is 9.94. The van der Waals surface area contributed by atoms with Gasteiger partial charge in [-0.05, 0) is 42.4 Å². The van der Waals surface area contributed by atoms with Crippen molar-refractivity contribution >= 4 is 5.97 Å². The van der Waals surface area contributed by atoms with Crippen molar-refractivity contribution in [2.24, 2.45) is 11.8 Å². The van der Waals surface area contributed by atoms with Crippen LogP contribution in [0.15, 0.2) is 24.3 Å². The first-order chi connectivity index (χ1) is 9.69. The van der Waals surface area contributed by atoms with E-state index in [2.05, 4.69) is 11.0 Å². The summed E-state index contributed by atoms with van der Waals surface area (Å²) < 4.78 is 0. The second-order valence-electron chi connectivity index (χ2n) is 5.88. The third-order valence-corrected chi connectivity index (χ3v) is 4.71. The zero-order valence-electron chi connectivity index (χ0n) is 11.3. The number of carbonyl (C=O) groups is 1. The lowest BCUT2D eigenvalue weighted by molar-refractivity contribution is -0.143. The monoisotopic (exact) mass is 270 g/mol. The van der Waals surface area contributed by atoms with E-state index in [0.717, 1.165) is 24.9 Å². The minimum atomic E-state index is -0.687. The highest BCUT2D eigenvalue weighted by molar-refractivity contribution is 5.74. The molecule has 4 nitrogen and oxygen atoms in total. The van der Waals surface area contributed by atoms with Crippen molar-refractivity contribution in [2.45, 2.75) is 31.8 Å². The van der Waals surface area contributed by atoms with Gasteiger partial charge in [0.2, 0.25) is 0 Å². The van der Waals surface area contributed by atoms with E-state index in [1.54, 1.807) is 12.1 Å². The van der Waals surface area contributed by atoms with Gasteiger partial charge in [-0.25, -0.2) is 0 Å². The molecule has 20 heavy (non-hydrogen) atoms. The molecular formula is C16H18N2O2. The van der Waals surface area contributed by atoms with Crippen molar-refractivity contribution in [3.63, 3.8) is 0 Å². The summed E-state index contributed by atoms with van der Waals surface area (Å²) >= 11 is 0. The number of likely N-dealkylation sites (tertiary alicyclic amines) is 1. The summed E-state index contributed by atoms with van der Waals surface area (Å²) in [5.74, 6) is 0.188. The molecule has 1 heterocycles. The fourth-order valence-electron chi connectivity index (χ4n) is 3.81. The molecule has 0 amide bonds. The van der Waals surface area contributed by atoms with E-state index < -0.39 is 5.97 Å². The van der Waals surface area contributed by atoms with Gasteiger partial charge in [0.05, 0.1) is 11.6 Å². The Bertz CT molecular complexity index is 547. The van der Waals surface area contributed by atoms with Crippen molar-refractivity contribution in [2.75, 3.05) is 6.54 Å². The van der Waals surface area contributed by atoms with E-state index in [9.17, 15) is 9.90 Å². The predicted octanol–water partition coefficient (Wildman–Crippen LogP) is 2.24. The first-order valence-electron chi connectivity index (χ1n) is 7.15. The van der Waals surface area contributed by atoms with Crippen LogP contribution in [-0.2, 0) is 11.3 Å². The molecule has 3 unspecified atom stereocenters. The van der Waals surface area contributed by atoms with E-state index in [4.69, 9.17) is 5.26 Å². The summed E-state index contributed by atoms with van der Waals surface area (Å²) in [6, 6.07) is 9.20. The van der Waals surface area contributed by atoms with Crippen LogP contribution in [0.4, 0.5) is 0 Å². The van der Waals surface area contributed by atoms with Gasteiger partial charge in [0, 0.05) is 13.1 Å². The van der Waals surface area contributed by atoms with Gasteiger partial charge in [0.25, 0.3) is 0 Å². The Hall–Kier alpha value is -1.86. The molecule has 104 valence electrons. The summed E-state index contributed by atoms with van der Waals surface area (Å²) in [7, 11) is 0. The van der Waals surface area contributed by atoms with Crippen LogP contribution in [0.25, 0.3) is 0 Å². The number of fused-ring (bicyclic) bond motifs is 1. The molecule has 3 atom stereocenters. The maximum atomic E-state index is 11.6. The zero-order valence-corrected chi connectivity index (χ0v) is 11.3.